The van der Waals surface area contributed by atoms with Crippen LogP contribution in [0.4, 0.5) is 0 Å². The predicted molar refractivity (Wildman–Crippen MR) is 86.8 cm³/mol. The van der Waals surface area contributed by atoms with Crippen LogP contribution in [0.3, 0.4) is 0 Å². The Bertz CT molecular complexity index is 656. The summed E-state index contributed by atoms with van der Waals surface area (Å²) < 4.78 is 27.7. The number of rotatable bonds is 3. The normalized spacial score (nSPS) is 23.1. The smallest absolute Gasteiger partial charge is 0.243 e. The summed E-state index contributed by atoms with van der Waals surface area (Å²) in [6.45, 7) is 2.42. The maximum Gasteiger partial charge on any atom is 0.243 e. The summed E-state index contributed by atoms with van der Waals surface area (Å²) in [7, 11) is -3.52. The van der Waals surface area contributed by atoms with Gasteiger partial charge in [0, 0.05) is 30.7 Å². The summed E-state index contributed by atoms with van der Waals surface area (Å²) in [4.78, 5) is 14.5. The molecular formula is C15H19BrN2O3S. The molecule has 1 aromatic rings. The monoisotopic (exact) mass is 386 g/mol. The van der Waals surface area contributed by atoms with E-state index in [-0.39, 0.29) is 16.7 Å². The van der Waals surface area contributed by atoms with Crippen molar-refractivity contribution >= 4 is 31.9 Å². The van der Waals surface area contributed by atoms with Crippen LogP contribution in [-0.4, -0.2) is 49.7 Å². The first-order chi connectivity index (χ1) is 10.5. The maximum atomic E-state index is 12.7. The first kappa shape index (κ1) is 16.0. The van der Waals surface area contributed by atoms with Gasteiger partial charge in [-0.1, -0.05) is 15.9 Å². The third kappa shape index (κ3) is 3.07. The molecule has 0 aliphatic carbocycles. The zero-order valence-corrected chi connectivity index (χ0v) is 14.6. The average molecular weight is 387 g/mol. The number of halogens is 1. The van der Waals surface area contributed by atoms with E-state index in [4.69, 9.17) is 0 Å². The van der Waals surface area contributed by atoms with Crippen molar-refractivity contribution in [1.29, 1.82) is 0 Å². The van der Waals surface area contributed by atoms with E-state index in [9.17, 15) is 13.2 Å². The van der Waals surface area contributed by atoms with E-state index in [1.54, 1.807) is 24.3 Å². The second-order valence-electron chi connectivity index (χ2n) is 5.83. The number of piperidine rings is 1. The van der Waals surface area contributed by atoms with Gasteiger partial charge in [-0.05, 0) is 43.5 Å². The van der Waals surface area contributed by atoms with Crippen LogP contribution < -0.4 is 0 Å². The predicted octanol–water partition coefficient (Wildman–Crippen LogP) is 2.08. The first-order valence-electron chi connectivity index (χ1n) is 7.53. The van der Waals surface area contributed by atoms with Crippen LogP contribution in [0.15, 0.2) is 33.6 Å². The van der Waals surface area contributed by atoms with E-state index in [1.165, 1.54) is 4.31 Å². The molecule has 1 atom stereocenters. The van der Waals surface area contributed by atoms with E-state index in [1.807, 2.05) is 4.90 Å². The van der Waals surface area contributed by atoms with Crippen molar-refractivity contribution < 1.29 is 13.2 Å². The molecule has 7 heteroatoms. The Morgan fingerprint density at radius 1 is 1.09 bits per heavy atom. The highest BCUT2D eigenvalue weighted by Crippen LogP contribution is 2.26. The molecule has 0 radical (unpaired) electrons. The fourth-order valence-corrected chi connectivity index (χ4v) is 4.70. The third-order valence-corrected chi connectivity index (χ3v) is 6.76. The molecule has 5 nitrogen and oxygen atoms in total. The minimum Gasteiger partial charge on any atom is -0.342 e. The van der Waals surface area contributed by atoms with Gasteiger partial charge in [-0.2, -0.15) is 4.31 Å². The summed E-state index contributed by atoms with van der Waals surface area (Å²) in [6, 6.07) is 6.64. The lowest BCUT2D eigenvalue weighted by Crippen LogP contribution is -2.50. The van der Waals surface area contributed by atoms with Gasteiger partial charge in [0.2, 0.25) is 15.9 Å². The molecule has 0 spiro atoms. The Kier molecular flexibility index (Phi) is 4.56. The quantitative estimate of drug-likeness (QED) is 0.798. The minimum absolute atomic E-state index is 0.113. The molecule has 0 aromatic heterocycles. The number of nitrogens with zero attached hydrogens (tertiary/aromatic N) is 2. The Morgan fingerprint density at radius 3 is 2.36 bits per heavy atom. The van der Waals surface area contributed by atoms with Gasteiger partial charge in [-0.25, -0.2) is 8.42 Å². The Labute approximate surface area is 139 Å². The van der Waals surface area contributed by atoms with Gasteiger partial charge in [0.15, 0.2) is 0 Å². The van der Waals surface area contributed by atoms with E-state index in [2.05, 4.69) is 15.9 Å². The van der Waals surface area contributed by atoms with Crippen LogP contribution in [-0.2, 0) is 14.8 Å². The number of benzene rings is 1. The fraction of sp³-hybridized carbons (Fsp3) is 0.533. The van der Waals surface area contributed by atoms with Crippen LogP contribution in [0.5, 0.6) is 0 Å². The molecule has 0 N–H and O–H groups in total. The highest BCUT2D eigenvalue weighted by molar-refractivity contribution is 9.10. The summed E-state index contributed by atoms with van der Waals surface area (Å²) in [5.41, 5.74) is 0. The zero-order chi connectivity index (χ0) is 15.7. The highest BCUT2D eigenvalue weighted by atomic mass is 79.9. The third-order valence-electron chi connectivity index (χ3n) is 4.35. The fourth-order valence-electron chi connectivity index (χ4n) is 2.91. The number of likely N-dealkylation sites (tertiary alicyclic amines) is 1. The molecule has 22 heavy (non-hydrogen) atoms. The van der Waals surface area contributed by atoms with E-state index >= 15 is 0 Å². The molecule has 2 aliphatic heterocycles. The molecule has 1 unspecified atom stereocenters. The standard InChI is InChI=1S/C15H19BrN2O3S/c16-13-4-6-14(7-5-13)22(20,21)18-10-1-3-12(11-18)15(19)17-8-2-9-17/h4-7,12H,1-3,8-11H2. The number of amides is 1. The summed E-state index contributed by atoms with van der Waals surface area (Å²) in [6.07, 6.45) is 2.57. The molecule has 3 rings (SSSR count). The summed E-state index contributed by atoms with van der Waals surface area (Å²) >= 11 is 3.31. The Hall–Kier alpha value is -0.920. The van der Waals surface area contributed by atoms with Crippen LogP contribution in [0, 0.1) is 5.92 Å². The minimum atomic E-state index is -3.52. The molecule has 0 bridgehead atoms. The average Bonchev–Trinajstić information content (AvgIpc) is 2.46. The van der Waals surface area contributed by atoms with Crippen LogP contribution in [0.2, 0.25) is 0 Å². The number of hydrogen-bond donors (Lipinski definition) is 0. The van der Waals surface area contributed by atoms with Crippen molar-refractivity contribution in [1.82, 2.24) is 9.21 Å². The first-order valence-corrected chi connectivity index (χ1v) is 9.76. The van der Waals surface area contributed by atoms with E-state index < -0.39 is 10.0 Å². The molecule has 2 saturated heterocycles. The zero-order valence-electron chi connectivity index (χ0n) is 12.2. The highest BCUT2D eigenvalue weighted by Gasteiger charge is 2.36. The molecule has 1 amide bonds. The van der Waals surface area contributed by atoms with Gasteiger partial charge in [-0.15, -0.1) is 0 Å². The van der Waals surface area contributed by atoms with Crippen LogP contribution in [0.25, 0.3) is 0 Å². The van der Waals surface area contributed by atoms with Gasteiger partial charge >= 0.3 is 0 Å². The van der Waals surface area contributed by atoms with Gasteiger partial charge in [-0.3, -0.25) is 4.79 Å². The van der Waals surface area contributed by atoms with E-state index in [0.717, 1.165) is 36.8 Å². The van der Waals surface area contributed by atoms with Crippen molar-refractivity contribution in [2.45, 2.75) is 24.2 Å². The summed E-state index contributed by atoms with van der Waals surface area (Å²) in [5, 5.41) is 0. The van der Waals surface area contributed by atoms with Crippen LogP contribution >= 0.6 is 15.9 Å². The lowest BCUT2D eigenvalue weighted by Gasteiger charge is -2.37. The number of sulfonamides is 1. The van der Waals surface area contributed by atoms with Crippen molar-refractivity contribution in [2.75, 3.05) is 26.2 Å². The molecule has 2 aliphatic rings. The lowest BCUT2D eigenvalue weighted by atomic mass is 9.97. The molecule has 2 fully saturated rings. The lowest BCUT2D eigenvalue weighted by molar-refractivity contribution is -0.140. The number of carbonyl (C=O) groups is 1. The molecule has 1 aromatic carbocycles. The van der Waals surface area contributed by atoms with Crippen molar-refractivity contribution in [3.63, 3.8) is 0 Å². The van der Waals surface area contributed by atoms with Gasteiger partial charge in [0.25, 0.3) is 0 Å². The second kappa shape index (κ2) is 6.29. The van der Waals surface area contributed by atoms with E-state index in [0.29, 0.717) is 13.1 Å². The molecule has 2 heterocycles. The van der Waals surface area contributed by atoms with Gasteiger partial charge in [0.1, 0.15) is 0 Å². The van der Waals surface area contributed by atoms with Gasteiger partial charge < -0.3 is 4.90 Å². The summed E-state index contributed by atoms with van der Waals surface area (Å²) in [5.74, 6) is -0.0822. The molecule has 0 saturated carbocycles. The molecular weight excluding hydrogens is 368 g/mol. The number of carbonyl (C=O) groups excluding carboxylic acids is 1. The Balaban J connectivity index is 1.75. The van der Waals surface area contributed by atoms with Crippen molar-refractivity contribution in [3.05, 3.63) is 28.7 Å². The van der Waals surface area contributed by atoms with Crippen molar-refractivity contribution in [3.8, 4) is 0 Å². The number of hydrogen-bond acceptors (Lipinski definition) is 3. The van der Waals surface area contributed by atoms with Gasteiger partial charge in [0.05, 0.1) is 10.8 Å². The van der Waals surface area contributed by atoms with Crippen molar-refractivity contribution in [2.24, 2.45) is 5.92 Å². The topological polar surface area (TPSA) is 57.7 Å². The molecule has 120 valence electrons. The Morgan fingerprint density at radius 2 is 1.77 bits per heavy atom. The van der Waals surface area contributed by atoms with Crippen LogP contribution in [0.1, 0.15) is 19.3 Å². The second-order valence-corrected chi connectivity index (χ2v) is 8.69. The largest absolute Gasteiger partial charge is 0.342 e. The maximum absolute atomic E-state index is 12.7. The SMILES string of the molecule is O=C(C1CCCN(S(=O)(=O)c2ccc(Br)cc2)C1)N1CCC1.